The number of hydrogen-bond acceptors (Lipinski definition) is 5. The van der Waals surface area contributed by atoms with Crippen molar-refractivity contribution in [1.29, 1.82) is 0 Å². The van der Waals surface area contributed by atoms with Crippen molar-refractivity contribution in [3.8, 4) is 5.75 Å². The molecule has 0 aliphatic carbocycles. The Morgan fingerprint density at radius 1 is 1.06 bits per heavy atom. The van der Waals surface area contributed by atoms with Crippen LogP contribution in [0.2, 0.25) is 0 Å². The number of hydrogen-bond donors (Lipinski definition) is 2. The van der Waals surface area contributed by atoms with E-state index in [0.29, 0.717) is 23.5 Å². The molecule has 8 nitrogen and oxygen atoms in total. The molecule has 1 atom stereocenters. The lowest BCUT2D eigenvalue weighted by molar-refractivity contribution is -0.137. The molecule has 1 aliphatic heterocycles. The van der Waals surface area contributed by atoms with Gasteiger partial charge in [-0.2, -0.15) is 0 Å². The van der Waals surface area contributed by atoms with E-state index in [2.05, 4.69) is 5.32 Å². The van der Waals surface area contributed by atoms with Crippen molar-refractivity contribution >= 4 is 29.3 Å². The predicted molar refractivity (Wildman–Crippen MR) is 121 cm³/mol. The number of nitrogens with zero attached hydrogens (tertiary/aromatic N) is 1. The highest BCUT2D eigenvalue weighted by molar-refractivity contribution is 6.05. The SMILES string of the molecule is CC(=O)c1ccc2c(c1)N(C(C)C(=O)NCCCCCCCCCCC(=O)O)C(=O)CO2. The standard InChI is InChI=1S/C24H34N2O6/c1-17(24(31)25-14-10-8-6-4-3-5-7-9-11-23(29)30)26-20-15-19(18(2)27)12-13-21(20)32-16-22(26)28/h12-13,15,17H,3-11,14,16H2,1-2H3,(H,25,31)(H,29,30). The molecule has 0 spiro atoms. The van der Waals surface area contributed by atoms with Crippen molar-refractivity contribution in [2.45, 2.75) is 77.7 Å². The summed E-state index contributed by atoms with van der Waals surface area (Å²) in [6.07, 6.45) is 8.15. The number of fused-ring (bicyclic) bond motifs is 1. The lowest BCUT2D eigenvalue weighted by Crippen LogP contribution is -2.51. The van der Waals surface area contributed by atoms with Gasteiger partial charge < -0.3 is 15.2 Å². The molecule has 0 saturated carbocycles. The first-order valence-electron chi connectivity index (χ1n) is 11.4. The van der Waals surface area contributed by atoms with Gasteiger partial charge in [0.05, 0.1) is 5.69 Å². The number of carboxylic acids is 1. The Labute approximate surface area is 189 Å². The summed E-state index contributed by atoms with van der Waals surface area (Å²) in [5.41, 5.74) is 0.904. The first kappa shape index (κ1) is 25.4. The van der Waals surface area contributed by atoms with Crippen molar-refractivity contribution in [3.05, 3.63) is 23.8 Å². The van der Waals surface area contributed by atoms with Gasteiger partial charge in [0, 0.05) is 18.5 Å². The molecular weight excluding hydrogens is 412 g/mol. The second-order valence-electron chi connectivity index (χ2n) is 8.23. The normalized spacial score (nSPS) is 13.8. The fraction of sp³-hybridized carbons (Fsp3) is 0.583. The number of ketones is 1. The molecule has 1 heterocycles. The number of carbonyl (C=O) groups excluding carboxylic acids is 3. The van der Waals surface area contributed by atoms with Crippen molar-refractivity contribution in [1.82, 2.24) is 5.32 Å². The zero-order valence-corrected chi connectivity index (χ0v) is 19.0. The van der Waals surface area contributed by atoms with Gasteiger partial charge >= 0.3 is 5.97 Å². The number of ether oxygens (including phenoxy) is 1. The van der Waals surface area contributed by atoms with Crippen LogP contribution < -0.4 is 15.0 Å². The minimum atomic E-state index is -0.732. The molecule has 1 aliphatic rings. The maximum atomic E-state index is 12.6. The number of aliphatic carboxylic acids is 1. The smallest absolute Gasteiger partial charge is 0.303 e. The molecule has 2 rings (SSSR count). The first-order chi connectivity index (χ1) is 15.3. The highest BCUT2D eigenvalue weighted by Gasteiger charge is 2.33. The van der Waals surface area contributed by atoms with Crippen LogP contribution in [0.5, 0.6) is 5.75 Å². The molecule has 0 bridgehead atoms. The largest absolute Gasteiger partial charge is 0.482 e. The third kappa shape index (κ3) is 7.66. The minimum absolute atomic E-state index is 0.122. The molecule has 8 heteroatoms. The van der Waals surface area contributed by atoms with Crippen LogP contribution in [0.3, 0.4) is 0 Å². The number of unbranched alkanes of at least 4 members (excludes halogenated alkanes) is 7. The van der Waals surface area contributed by atoms with E-state index in [0.717, 1.165) is 51.4 Å². The third-order valence-electron chi connectivity index (χ3n) is 5.63. The van der Waals surface area contributed by atoms with Crippen LogP contribution in [0.4, 0.5) is 5.69 Å². The van der Waals surface area contributed by atoms with Gasteiger partial charge in [-0.25, -0.2) is 0 Å². The number of nitrogens with one attached hydrogen (secondary N) is 1. The van der Waals surface area contributed by atoms with Crippen LogP contribution in [0.1, 0.15) is 82.0 Å². The Hall–Kier alpha value is -2.90. The minimum Gasteiger partial charge on any atom is -0.482 e. The Kier molecular flexibility index (Phi) is 10.2. The molecule has 0 saturated heterocycles. The number of Topliss-reactive ketones (excluding diaryl/α,β-unsaturated/α-hetero) is 1. The number of carbonyl (C=O) groups is 4. The molecule has 1 unspecified atom stereocenters. The maximum absolute atomic E-state index is 12.6. The van der Waals surface area contributed by atoms with Gasteiger partial charge in [0.25, 0.3) is 5.91 Å². The van der Waals surface area contributed by atoms with Crippen molar-refractivity contribution in [3.63, 3.8) is 0 Å². The number of carboxylic acid groups (broad SMARTS) is 1. The van der Waals surface area contributed by atoms with E-state index in [1.54, 1.807) is 25.1 Å². The molecule has 1 aromatic carbocycles. The first-order valence-corrected chi connectivity index (χ1v) is 11.4. The summed E-state index contributed by atoms with van der Waals surface area (Å²) in [5.74, 6) is -0.924. The van der Waals surface area contributed by atoms with E-state index in [-0.39, 0.29) is 30.6 Å². The van der Waals surface area contributed by atoms with Crippen molar-refractivity contribution in [2.24, 2.45) is 0 Å². The average molecular weight is 447 g/mol. The Morgan fingerprint density at radius 2 is 1.69 bits per heavy atom. The quantitative estimate of drug-likeness (QED) is 0.333. The summed E-state index contributed by atoms with van der Waals surface area (Å²) in [7, 11) is 0. The molecule has 0 fully saturated rings. The number of rotatable bonds is 14. The van der Waals surface area contributed by atoms with Crippen LogP contribution in [0.15, 0.2) is 18.2 Å². The number of anilines is 1. The molecule has 176 valence electrons. The zero-order chi connectivity index (χ0) is 23.5. The highest BCUT2D eigenvalue weighted by atomic mass is 16.5. The van der Waals surface area contributed by atoms with Gasteiger partial charge in [-0.3, -0.25) is 24.1 Å². The molecular formula is C24H34N2O6. The molecule has 0 radical (unpaired) electrons. The van der Waals surface area contributed by atoms with E-state index in [1.165, 1.54) is 11.8 Å². The zero-order valence-electron chi connectivity index (χ0n) is 19.0. The Balaban J connectivity index is 1.72. The summed E-state index contributed by atoms with van der Waals surface area (Å²) in [4.78, 5) is 48.7. The third-order valence-corrected chi connectivity index (χ3v) is 5.63. The second kappa shape index (κ2) is 12.8. The fourth-order valence-corrected chi connectivity index (χ4v) is 3.75. The topological polar surface area (TPSA) is 113 Å². The summed E-state index contributed by atoms with van der Waals surface area (Å²) >= 11 is 0. The van der Waals surface area contributed by atoms with Gasteiger partial charge in [-0.15, -0.1) is 0 Å². The summed E-state index contributed by atoms with van der Waals surface area (Å²) in [6, 6.07) is 4.19. The van der Waals surface area contributed by atoms with Crippen LogP contribution in [0, 0.1) is 0 Å². The molecule has 1 aromatic rings. The van der Waals surface area contributed by atoms with E-state index < -0.39 is 12.0 Å². The molecule has 2 amide bonds. The van der Waals surface area contributed by atoms with Gasteiger partial charge in [0.15, 0.2) is 12.4 Å². The van der Waals surface area contributed by atoms with Crippen LogP contribution in [-0.4, -0.2) is 47.9 Å². The Morgan fingerprint density at radius 3 is 2.31 bits per heavy atom. The second-order valence-corrected chi connectivity index (χ2v) is 8.23. The maximum Gasteiger partial charge on any atom is 0.303 e. The highest BCUT2D eigenvalue weighted by Crippen LogP contribution is 2.34. The Bertz CT molecular complexity index is 823. The van der Waals surface area contributed by atoms with E-state index >= 15 is 0 Å². The summed E-state index contributed by atoms with van der Waals surface area (Å²) in [5, 5.41) is 11.5. The molecule has 0 aromatic heterocycles. The van der Waals surface area contributed by atoms with Gasteiger partial charge in [0.1, 0.15) is 11.8 Å². The van der Waals surface area contributed by atoms with Gasteiger partial charge in [0.2, 0.25) is 5.91 Å². The van der Waals surface area contributed by atoms with Crippen LogP contribution >= 0.6 is 0 Å². The van der Waals surface area contributed by atoms with Gasteiger partial charge in [-0.1, -0.05) is 38.5 Å². The average Bonchev–Trinajstić information content (AvgIpc) is 2.76. The summed E-state index contributed by atoms with van der Waals surface area (Å²) in [6.45, 7) is 3.53. The predicted octanol–water partition coefficient (Wildman–Crippen LogP) is 3.71. The monoisotopic (exact) mass is 446 g/mol. The fourth-order valence-electron chi connectivity index (χ4n) is 3.75. The molecule has 32 heavy (non-hydrogen) atoms. The van der Waals surface area contributed by atoms with Crippen LogP contribution in [-0.2, 0) is 14.4 Å². The number of amides is 2. The van der Waals surface area contributed by atoms with E-state index in [1.807, 2.05) is 0 Å². The van der Waals surface area contributed by atoms with E-state index in [9.17, 15) is 19.2 Å². The van der Waals surface area contributed by atoms with E-state index in [4.69, 9.17) is 9.84 Å². The van der Waals surface area contributed by atoms with Gasteiger partial charge in [-0.05, 0) is 44.9 Å². The molecule has 2 N–H and O–H groups in total. The lowest BCUT2D eigenvalue weighted by atomic mass is 10.1. The lowest BCUT2D eigenvalue weighted by Gasteiger charge is -2.33. The van der Waals surface area contributed by atoms with Crippen molar-refractivity contribution < 1.29 is 29.0 Å². The number of benzene rings is 1. The van der Waals surface area contributed by atoms with Crippen LogP contribution in [0.25, 0.3) is 0 Å². The van der Waals surface area contributed by atoms with Crippen molar-refractivity contribution in [2.75, 3.05) is 18.1 Å². The summed E-state index contributed by atoms with van der Waals surface area (Å²) < 4.78 is 5.45.